The van der Waals surface area contributed by atoms with E-state index in [-0.39, 0.29) is 0 Å². The molecule has 256 valence electrons. The first-order chi connectivity index (χ1) is 21.5. The van der Waals surface area contributed by atoms with Crippen molar-refractivity contribution < 1.29 is 29.3 Å². The zero-order chi connectivity index (χ0) is 31.7. The molecular formula is C34H63N3O6S. The maximum Gasteiger partial charge on any atom is 0.161 e. The molecule has 2 aliphatic rings. The maximum atomic E-state index is 12.2. The number of hydrogen-bond donors (Lipinski definition) is 4. The lowest BCUT2D eigenvalue weighted by atomic mass is 10.0. The predicted octanol–water partition coefficient (Wildman–Crippen LogP) is 5.76. The molecule has 2 fully saturated rings. The van der Waals surface area contributed by atoms with E-state index in [1.54, 1.807) is 0 Å². The Morgan fingerprint density at radius 2 is 1.16 bits per heavy atom. The SMILES string of the molecule is COOCCCCCCC(=O)CCCCCC(=O)CCCCCC(=O)CCCCCNCCCCC1SCC2NC(O)NC21. The van der Waals surface area contributed by atoms with Crippen LogP contribution >= 0.6 is 11.8 Å². The molecule has 0 spiro atoms. The zero-order valence-electron chi connectivity index (χ0n) is 27.6. The van der Waals surface area contributed by atoms with Crippen LogP contribution in [0.25, 0.3) is 0 Å². The fourth-order valence-corrected chi connectivity index (χ4v) is 7.74. The summed E-state index contributed by atoms with van der Waals surface area (Å²) in [6.45, 7) is 2.68. The van der Waals surface area contributed by atoms with E-state index in [4.69, 9.17) is 4.89 Å². The Hall–Kier alpha value is -0.880. The molecule has 2 aliphatic heterocycles. The average Bonchev–Trinajstić information content (AvgIpc) is 3.56. The quantitative estimate of drug-likeness (QED) is 0.0421. The van der Waals surface area contributed by atoms with Gasteiger partial charge in [0, 0.05) is 61.6 Å². The van der Waals surface area contributed by atoms with Gasteiger partial charge < -0.3 is 10.4 Å². The van der Waals surface area contributed by atoms with E-state index in [0.29, 0.717) is 79.8 Å². The van der Waals surface area contributed by atoms with Crippen molar-refractivity contribution in [1.29, 1.82) is 0 Å². The Morgan fingerprint density at radius 3 is 1.70 bits per heavy atom. The monoisotopic (exact) mass is 641 g/mol. The van der Waals surface area contributed by atoms with Crippen LogP contribution in [0.2, 0.25) is 0 Å². The highest BCUT2D eigenvalue weighted by atomic mass is 32.2. The van der Waals surface area contributed by atoms with E-state index >= 15 is 0 Å². The highest BCUT2D eigenvalue weighted by Crippen LogP contribution is 2.33. The van der Waals surface area contributed by atoms with E-state index in [2.05, 4.69) is 20.8 Å². The summed E-state index contributed by atoms with van der Waals surface area (Å²) in [6.07, 6.45) is 19.6. The normalized spacial score (nSPS) is 21.1. The summed E-state index contributed by atoms with van der Waals surface area (Å²) >= 11 is 2.02. The number of ketones is 3. The molecule has 4 atom stereocenters. The third-order valence-electron chi connectivity index (χ3n) is 8.82. The number of carbonyl (C=O) groups excluding carboxylic acids is 3. The summed E-state index contributed by atoms with van der Waals surface area (Å²) in [5, 5.41) is 20.3. The summed E-state index contributed by atoms with van der Waals surface area (Å²) in [7, 11) is 1.51. The Balaban J connectivity index is 1.26. The number of carbonyl (C=O) groups is 3. The van der Waals surface area contributed by atoms with Crippen LogP contribution in [-0.4, -0.2) is 78.7 Å². The molecule has 0 saturated carbocycles. The van der Waals surface area contributed by atoms with Gasteiger partial charge >= 0.3 is 0 Å². The summed E-state index contributed by atoms with van der Waals surface area (Å²) in [5.41, 5.74) is 0. The summed E-state index contributed by atoms with van der Waals surface area (Å²) in [4.78, 5) is 45.7. The van der Waals surface area contributed by atoms with Gasteiger partial charge in [0.25, 0.3) is 0 Å². The van der Waals surface area contributed by atoms with Gasteiger partial charge in [-0.05, 0) is 77.3 Å². The minimum absolute atomic E-state index is 0.319. The molecule has 4 N–H and O–H groups in total. The minimum Gasteiger partial charge on any atom is -0.365 e. The lowest BCUT2D eigenvalue weighted by Crippen LogP contribution is -2.38. The van der Waals surface area contributed by atoms with E-state index < -0.39 is 6.35 Å². The molecule has 0 aromatic carbocycles. The van der Waals surface area contributed by atoms with Crippen molar-refractivity contribution in [3.05, 3.63) is 0 Å². The lowest BCUT2D eigenvalue weighted by molar-refractivity contribution is -0.272. The summed E-state index contributed by atoms with van der Waals surface area (Å²) in [5.74, 6) is 2.11. The Bertz CT molecular complexity index is 773. The summed E-state index contributed by atoms with van der Waals surface area (Å²) in [6, 6.07) is 0.821. The van der Waals surface area contributed by atoms with E-state index in [1.165, 1.54) is 26.4 Å². The van der Waals surface area contributed by atoms with Crippen LogP contribution in [0.1, 0.15) is 141 Å². The van der Waals surface area contributed by atoms with Gasteiger partial charge in [-0.2, -0.15) is 11.8 Å². The van der Waals surface area contributed by atoms with Gasteiger partial charge in [0.15, 0.2) is 6.35 Å². The molecule has 2 saturated heterocycles. The molecule has 0 bridgehead atoms. The molecular weight excluding hydrogens is 578 g/mol. The van der Waals surface area contributed by atoms with Gasteiger partial charge in [-0.25, -0.2) is 9.78 Å². The van der Waals surface area contributed by atoms with Crippen molar-refractivity contribution in [2.45, 2.75) is 165 Å². The summed E-state index contributed by atoms with van der Waals surface area (Å²) < 4.78 is 0. The number of aliphatic hydroxyl groups is 1. The molecule has 0 aromatic rings. The number of hydrogen-bond acceptors (Lipinski definition) is 10. The number of Topliss-reactive ketones (excluding diaryl/α,β-unsaturated/α-hetero) is 3. The van der Waals surface area contributed by atoms with Gasteiger partial charge in [-0.3, -0.25) is 25.0 Å². The fourth-order valence-electron chi connectivity index (χ4n) is 6.17. The van der Waals surface area contributed by atoms with E-state index in [0.717, 1.165) is 102 Å². The third kappa shape index (κ3) is 19.6. The predicted molar refractivity (Wildman–Crippen MR) is 179 cm³/mol. The number of rotatable bonds is 31. The van der Waals surface area contributed by atoms with Gasteiger partial charge in [0.1, 0.15) is 17.3 Å². The highest BCUT2D eigenvalue weighted by molar-refractivity contribution is 8.00. The Labute approximate surface area is 271 Å². The number of aliphatic hydroxyl groups excluding tert-OH is 1. The first-order valence-electron chi connectivity index (χ1n) is 17.7. The van der Waals surface area contributed by atoms with Crippen LogP contribution in [0.4, 0.5) is 0 Å². The lowest BCUT2D eigenvalue weighted by Gasteiger charge is -2.17. The van der Waals surface area contributed by atoms with Crippen LogP contribution in [0, 0.1) is 0 Å². The van der Waals surface area contributed by atoms with Crippen LogP contribution in [-0.2, 0) is 24.2 Å². The van der Waals surface area contributed by atoms with Crippen LogP contribution in [0.5, 0.6) is 0 Å². The molecule has 10 heteroatoms. The Morgan fingerprint density at radius 1 is 0.682 bits per heavy atom. The molecule has 0 amide bonds. The molecule has 0 radical (unpaired) electrons. The molecule has 2 heterocycles. The molecule has 0 aliphatic carbocycles. The van der Waals surface area contributed by atoms with Crippen molar-refractivity contribution in [2.24, 2.45) is 0 Å². The number of fused-ring (bicyclic) bond motifs is 1. The van der Waals surface area contributed by atoms with Gasteiger partial charge in [-0.15, -0.1) is 0 Å². The number of nitrogens with one attached hydrogen (secondary N) is 3. The van der Waals surface area contributed by atoms with E-state index in [9.17, 15) is 19.5 Å². The van der Waals surface area contributed by atoms with Gasteiger partial charge in [0.05, 0.1) is 13.7 Å². The van der Waals surface area contributed by atoms with Gasteiger partial charge in [-0.1, -0.05) is 38.5 Å². The first-order valence-corrected chi connectivity index (χ1v) is 18.8. The minimum atomic E-state index is -0.538. The van der Waals surface area contributed by atoms with Crippen molar-refractivity contribution in [3.63, 3.8) is 0 Å². The smallest absolute Gasteiger partial charge is 0.161 e. The van der Waals surface area contributed by atoms with Crippen molar-refractivity contribution in [3.8, 4) is 0 Å². The topological polar surface area (TPSA) is 126 Å². The zero-order valence-corrected chi connectivity index (χ0v) is 28.4. The van der Waals surface area contributed by atoms with Crippen LogP contribution in [0.3, 0.4) is 0 Å². The van der Waals surface area contributed by atoms with Crippen molar-refractivity contribution in [2.75, 3.05) is 32.6 Å². The largest absolute Gasteiger partial charge is 0.365 e. The second-order valence-corrected chi connectivity index (χ2v) is 14.0. The van der Waals surface area contributed by atoms with Crippen LogP contribution < -0.4 is 16.0 Å². The average molecular weight is 642 g/mol. The molecule has 9 nitrogen and oxygen atoms in total. The maximum absolute atomic E-state index is 12.2. The molecule has 2 rings (SSSR count). The number of unbranched alkanes of at least 4 members (excludes halogenated alkanes) is 10. The van der Waals surface area contributed by atoms with Gasteiger partial charge in [0.2, 0.25) is 0 Å². The van der Waals surface area contributed by atoms with Crippen molar-refractivity contribution in [1.82, 2.24) is 16.0 Å². The number of thioether (sulfide) groups is 1. The van der Waals surface area contributed by atoms with Crippen molar-refractivity contribution >= 4 is 29.1 Å². The molecule has 44 heavy (non-hydrogen) atoms. The van der Waals surface area contributed by atoms with Crippen LogP contribution in [0.15, 0.2) is 0 Å². The fraction of sp³-hybridized carbons (Fsp3) is 0.912. The first kappa shape index (κ1) is 39.3. The third-order valence-corrected chi connectivity index (χ3v) is 10.3. The van der Waals surface area contributed by atoms with E-state index in [1.807, 2.05) is 11.8 Å². The second-order valence-electron chi connectivity index (χ2n) is 12.7. The standard InChI is InChI=1S/C34H63N3O6S/c1-42-43-26-16-3-2-7-17-28(38)18-8-4-9-19-29(39)20-10-5-11-21-30(40)22-12-6-14-24-35-25-15-13-23-32-33-31(27-44-32)36-34(41)37-33/h31-37,41H,2-27H2,1H3. The molecule has 0 aromatic heterocycles. The Kier molecular flexibility index (Phi) is 23.4. The second kappa shape index (κ2) is 26.2. The highest BCUT2D eigenvalue weighted by Gasteiger charge is 2.42. The molecule has 4 unspecified atom stereocenters.